The molecule has 2 aromatic rings. The van der Waals surface area contributed by atoms with Crippen molar-refractivity contribution in [2.45, 2.75) is 86.1 Å². The third-order valence-electron chi connectivity index (χ3n) is 8.32. The number of hydrogen-bond acceptors (Lipinski definition) is 12. The van der Waals surface area contributed by atoms with Crippen molar-refractivity contribution in [3.05, 3.63) is 45.7 Å². The summed E-state index contributed by atoms with van der Waals surface area (Å²) in [7, 11) is 1.98. The number of piperazine rings is 1. The molecule has 3 aliphatic heterocycles. The Hall–Kier alpha value is -3.19. The first-order valence-corrected chi connectivity index (χ1v) is 16.1. The molecule has 44 heavy (non-hydrogen) atoms. The average molecular weight is 625 g/mol. The van der Waals surface area contributed by atoms with Gasteiger partial charge in [-0.15, -0.1) is 5.11 Å². The Labute approximate surface area is 267 Å². The van der Waals surface area contributed by atoms with Crippen molar-refractivity contribution in [1.82, 2.24) is 30.3 Å². The molecule has 13 heteroatoms. The Balaban J connectivity index is 0.00000216. The molecule has 5 rings (SSSR count). The fourth-order valence-electron chi connectivity index (χ4n) is 6.12. The fourth-order valence-corrected chi connectivity index (χ4v) is 6.36. The highest BCUT2D eigenvalue weighted by Gasteiger charge is 2.33. The van der Waals surface area contributed by atoms with Gasteiger partial charge in [0.2, 0.25) is 0 Å². The summed E-state index contributed by atoms with van der Waals surface area (Å²) in [6.45, 7) is 19.7. The normalized spacial score (nSPS) is 22.0. The number of likely N-dealkylation sites (tertiary alicyclic amines) is 1. The maximum absolute atomic E-state index is 6.63. The van der Waals surface area contributed by atoms with Gasteiger partial charge in [0.25, 0.3) is 0 Å². The molecule has 2 unspecified atom stereocenters. The van der Waals surface area contributed by atoms with E-state index in [2.05, 4.69) is 82.8 Å². The second kappa shape index (κ2) is 15.2. The highest BCUT2D eigenvalue weighted by molar-refractivity contribution is 6.32. The van der Waals surface area contributed by atoms with Gasteiger partial charge in [-0.05, 0) is 71.7 Å². The number of halogens is 1. The first-order chi connectivity index (χ1) is 21.1. The van der Waals surface area contributed by atoms with E-state index in [-0.39, 0.29) is 6.17 Å². The van der Waals surface area contributed by atoms with Gasteiger partial charge in [0.05, 0.1) is 5.71 Å². The number of benzene rings is 1. The van der Waals surface area contributed by atoms with Gasteiger partial charge in [0.15, 0.2) is 23.0 Å². The van der Waals surface area contributed by atoms with Crippen LogP contribution in [-0.2, 0) is 6.54 Å². The minimum absolute atomic E-state index is 0.0871. The number of aryl methyl sites for hydroxylation is 1. The van der Waals surface area contributed by atoms with Crippen LogP contribution >= 0.6 is 11.6 Å². The molecule has 3 N–H and O–H groups in total. The Bertz CT molecular complexity index is 1360. The van der Waals surface area contributed by atoms with Crippen molar-refractivity contribution >= 4 is 34.7 Å². The molecule has 0 amide bonds. The van der Waals surface area contributed by atoms with Gasteiger partial charge in [-0.3, -0.25) is 9.80 Å². The first-order valence-electron chi connectivity index (χ1n) is 15.7. The Morgan fingerprint density at radius 3 is 2.43 bits per heavy atom. The summed E-state index contributed by atoms with van der Waals surface area (Å²) in [5.74, 6) is 0.955. The van der Waals surface area contributed by atoms with Crippen LogP contribution in [0.4, 0.5) is 11.6 Å². The average Bonchev–Trinajstić information content (AvgIpc) is 3.44. The fraction of sp³-hybridized carbons (Fsp3) is 0.613. The predicted octanol–water partition coefficient (Wildman–Crippen LogP) is 5.24. The number of hydrazine groups is 1. The summed E-state index contributed by atoms with van der Waals surface area (Å²) in [6, 6.07) is 7.61. The smallest absolute Gasteiger partial charge is 0.172 e. The van der Waals surface area contributed by atoms with Crippen molar-refractivity contribution in [2.75, 3.05) is 50.4 Å². The van der Waals surface area contributed by atoms with Crippen LogP contribution in [0.2, 0.25) is 5.15 Å². The largest absolute Gasteiger partial charge is 0.382 e. The van der Waals surface area contributed by atoms with Gasteiger partial charge in [0.1, 0.15) is 5.69 Å². The van der Waals surface area contributed by atoms with Crippen LogP contribution in [0.1, 0.15) is 82.9 Å². The van der Waals surface area contributed by atoms with E-state index in [1.165, 1.54) is 16.7 Å². The summed E-state index contributed by atoms with van der Waals surface area (Å²) < 4.78 is 0. The lowest BCUT2D eigenvalue weighted by atomic mass is 9.97. The Kier molecular flexibility index (Phi) is 11.6. The molecule has 2 atom stereocenters. The number of nitrogens with zero attached hydrogens (tertiary/aromatic N) is 10. The lowest BCUT2D eigenvalue weighted by Gasteiger charge is -2.46. The summed E-state index contributed by atoms with van der Waals surface area (Å²) in [4.78, 5) is 16.6. The SMILES string of the molecule is CC.CC(C)=N/N=C(\C)c1nc(Cl)c(N2CCN(C3CCN(Cc4ccc(C)cc4C4N=NNN4C)CC3)C(C)C2)nc1N. The van der Waals surface area contributed by atoms with Crippen LogP contribution < -0.4 is 16.2 Å². The molecule has 12 nitrogen and oxygen atoms in total. The number of nitrogens with one attached hydrogen (secondary N) is 1. The van der Waals surface area contributed by atoms with E-state index in [1.807, 2.05) is 46.7 Å². The molecule has 1 aromatic carbocycles. The van der Waals surface area contributed by atoms with Gasteiger partial charge >= 0.3 is 0 Å². The maximum atomic E-state index is 6.63. The monoisotopic (exact) mass is 624 g/mol. The molecule has 3 aliphatic rings. The molecule has 0 aliphatic carbocycles. The molecule has 0 radical (unpaired) electrons. The first kappa shape index (κ1) is 33.7. The zero-order valence-electron chi connectivity index (χ0n) is 27.5. The zero-order chi connectivity index (χ0) is 32.0. The lowest BCUT2D eigenvalue weighted by Crippen LogP contribution is -2.57. The summed E-state index contributed by atoms with van der Waals surface area (Å²) in [5, 5.41) is 19.0. The molecular formula is C31H49ClN12. The molecule has 4 heterocycles. The second-order valence-corrected chi connectivity index (χ2v) is 12.2. The van der Waals surface area contributed by atoms with E-state index in [0.29, 0.717) is 40.3 Å². The summed E-state index contributed by atoms with van der Waals surface area (Å²) in [5.41, 5.74) is 14.9. The molecule has 0 spiro atoms. The Morgan fingerprint density at radius 2 is 1.80 bits per heavy atom. The molecule has 0 bridgehead atoms. The van der Waals surface area contributed by atoms with Crippen molar-refractivity contribution in [2.24, 2.45) is 20.5 Å². The number of nitrogens with two attached hydrogens (primary N) is 1. The molecule has 0 saturated carbocycles. The molecule has 2 saturated heterocycles. The van der Waals surface area contributed by atoms with E-state index >= 15 is 0 Å². The van der Waals surface area contributed by atoms with Crippen LogP contribution in [-0.4, -0.2) is 88.1 Å². The highest BCUT2D eigenvalue weighted by atomic mass is 35.5. The Morgan fingerprint density at radius 1 is 1.07 bits per heavy atom. The van der Waals surface area contributed by atoms with E-state index in [4.69, 9.17) is 17.3 Å². The van der Waals surface area contributed by atoms with Crippen molar-refractivity contribution < 1.29 is 0 Å². The van der Waals surface area contributed by atoms with Crippen molar-refractivity contribution in [1.29, 1.82) is 0 Å². The van der Waals surface area contributed by atoms with Crippen LogP contribution in [0.15, 0.2) is 38.7 Å². The number of rotatable bonds is 7. The number of piperidine rings is 1. The van der Waals surface area contributed by atoms with E-state index in [1.54, 1.807) is 0 Å². The number of anilines is 2. The third kappa shape index (κ3) is 7.90. The van der Waals surface area contributed by atoms with Gasteiger partial charge in [-0.2, -0.15) is 15.2 Å². The number of hydrogen-bond donors (Lipinski definition) is 2. The predicted molar refractivity (Wildman–Crippen MR) is 180 cm³/mol. The van der Waals surface area contributed by atoms with Crippen molar-refractivity contribution in [3.63, 3.8) is 0 Å². The molecular weight excluding hydrogens is 576 g/mol. The molecule has 240 valence electrons. The lowest BCUT2D eigenvalue weighted by molar-refractivity contribution is 0.0688. The quantitative estimate of drug-likeness (QED) is 0.316. The third-order valence-corrected chi connectivity index (χ3v) is 8.57. The van der Waals surface area contributed by atoms with Crippen LogP contribution in [0, 0.1) is 6.92 Å². The maximum Gasteiger partial charge on any atom is 0.172 e. The molecule has 1 aromatic heterocycles. The summed E-state index contributed by atoms with van der Waals surface area (Å²) in [6.07, 6.45) is 2.21. The van der Waals surface area contributed by atoms with E-state index < -0.39 is 0 Å². The topological polar surface area (TPSA) is 126 Å². The minimum atomic E-state index is -0.0871. The second-order valence-electron chi connectivity index (χ2n) is 11.8. The van der Waals surface area contributed by atoms with E-state index in [9.17, 15) is 0 Å². The standard InChI is InChI=1S/C29H43ClN12.C2H6/c1-18(2)34-35-21(5)25-27(31)33-29(26(30)32-25)41-13-14-42(20(4)16-41)23-9-11-40(12-10-23)17-22-8-7-19(3)15-24(22)28-36-37-38-39(28)6;1-2/h7-8,15,20,23,28H,9-14,16-17H2,1-6H3,(H2,31,33)(H,36,38);1-2H3/b35-21+;. The van der Waals surface area contributed by atoms with Gasteiger partial charge in [-0.25, -0.2) is 15.5 Å². The number of nitrogen functional groups attached to an aromatic ring is 1. The van der Waals surface area contributed by atoms with Gasteiger partial charge in [0, 0.05) is 51.0 Å². The van der Waals surface area contributed by atoms with Gasteiger partial charge in [-0.1, -0.05) is 54.4 Å². The van der Waals surface area contributed by atoms with Crippen LogP contribution in [0.25, 0.3) is 0 Å². The summed E-state index contributed by atoms with van der Waals surface area (Å²) >= 11 is 6.63. The highest BCUT2D eigenvalue weighted by Crippen LogP contribution is 2.31. The molecule has 2 fully saturated rings. The van der Waals surface area contributed by atoms with Crippen LogP contribution in [0.5, 0.6) is 0 Å². The van der Waals surface area contributed by atoms with Crippen LogP contribution in [0.3, 0.4) is 0 Å². The minimum Gasteiger partial charge on any atom is -0.382 e. The van der Waals surface area contributed by atoms with E-state index in [0.717, 1.165) is 57.8 Å². The van der Waals surface area contributed by atoms with Gasteiger partial charge < -0.3 is 10.6 Å². The zero-order valence-corrected chi connectivity index (χ0v) is 28.3. The number of aromatic nitrogens is 2. The van der Waals surface area contributed by atoms with Crippen molar-refractivity contribution in [3.8, 4) is 0 Å².